The van der Waals surface area contributed by atoms with E-state index in [1.807, 2.05) is 31.2 Å². The van der Waals surface area contributed by atoms with Crippen molar-refractivity contribution < 1.29 is 9.53 Å². The number of carbonyl (C=O) groups is 1. The number of anilines is 1. The molecule has 0 fully saturated rings. The van der Waals surface area contributed by atoms with E-state index >= 15 is 0 Å². The molecule has 1 aromatic heterocycles. The molecule has 0 saturated carbocycles. The van der Waals surface area contributed by atoms with Crippen molar-refractivity contribution in [3.05, 3.63) is 58.6 Å². The van der Waals surface area contributed by atoms with Gasteiger partial charge in [0.2, 0.25) is 5.13 Å². The quantitative estimate of drug-likeness (QED) is 0.674. The van der Waals surface area contributed by atoms with Gasteiger partial charge in [-0.1, -0.05) is 28.1 Å². The van der Waals surface area contributed by atoms with Crippen LogP contribution >= 0.6 is 27.5 Å². The van der Waals surface area contributed by atoms with Crippen LogP contribution < -0.4 is 10.1 Å². The summed E-state index contributed by atoms with van der Waals surface area (Å²) in [6.07, 6.45) is 0. The van der Waals surface area contributed by atoms with Crippen molar-refractivity contribution in [3.63, 3.8) is 0 Å². The Hall–Kier alpha value is -2.25. The fourth-order valence-corrected chi connectivity index (χ4v) is 2.88. The van der Waals surface area contributed by atoms with Gasteiger partial charge < -0.3 is 4.74 Å². The van der Waals surface area contributed by atoms with Gasteiger partial charge in [-0.3, -0.25) is 10.1 Å². The van der Waals surface area contributed by atoms with E-state index in [0.717, 1.165) is 27.3 Å². The summed E-state index contributed by atoms with van der Waals surface area (Å²) < 4.78 is 10.6. The van der Waals surface area contributed by atoms with Crippen LogP contribution in [-0.2, 0) is 0 Å². The lowest BCUT2D eigenvalue weighted by Crippen LogP contribution is -2.11. The van der Waals surface area contributed by atoms with E-state index in [9.17, 15) is 4.79 Å². The van der Waals surface area contributed by atoms with Crippen molar-refractivity contribution in [2.45, 2.75) is 6.92 Å². The Labute approximate surface area is 152 Å². The van der Waals surface area contributed by atoms with Crippen LogP contribution in [0.25, 0.3) is 11.4 Å². The first-order valence-electron chi connectivity index (χ1n) is 7.29. The predicted octanol–water partition coefficient (Wildman–Crippen LogP) is 4.62. The smallest absolute Gasteiger partial charge is 0.257 e. The largest absolute Gasteiger partial charge is 0.494 e. The van der Waals surface area contributed by atoms with E-state index in [1.54, 1.807) is 24.3 Å². The summed E-state index contributed by atoms with van der Waals surface area (Å²) in [4.78, 5) is 16.6. The second kappa shape index (κ2) is 7.55. The van der Waals surface area contributed by atoms with Gasteiger partial charge in [0.1, 0.15) is 5.75 Å². The number of hydrogen-bond acceptors (Lipinski definition) is 5. The van der Waals surface area contributed by atoms with Gasteiger partial charge in [-0.05, 0) is 43.3 Å². The van der Waals surface area contributed by atoms with Crippen LogP contribution in [0.5, 0.6) is 5.75 Å². The topological polar surface area (TPSA) is 64.1 Å². The highest BCUT2D eigenvalue weighted by Gasteiger charge is 2.11. The van der Waals surface area contributed by atoms with Crippen molar-refractivity contribution >= 4 is 38.5 Å². The lowest BCUT2D eigenvalue weighted by atomic mass is 10.2. The Bertz CT molecular complexity index is 832. The minimum atomic E-state index is -0.225. The summed E-state index contributed by atoms with van der Waals surface area (Å²) in [5, 5.41) is 3.23. The summed E-state index contributed by atoms with van der Waals surface area (Å²) in [5.41, 5.74) is 1.44. The van der Waals surface area contributed by atoms with Gasteiger partial charge in [0, 0.05) is 27.1 Å². The number of halogens is 1. The molecule has 0 aliphatic heterocycles. The molecule has 122 valence electrons. The van der Waals surface area contributed by atoms with Crippen LogP contribution in [0.1, 0.15) is 17.3 Å². The molecule has 0 atom stereocenters. The lowest BCUT2D eigenvalue weighted by molar-refractivity contribution is 0.102. The number of rotatable bonds is 5. The maximum Gasteiger partial charge on any atom is 0.257 e. The Morgan fingerprint density at radius 3 is 2.54 bits per heavy atom. The summed E-state index contributed by atoms with van der Waals surface area (Å²) in [6.45, 7) is 2.51. The number of aromatic nitrogens is 2. The number of benzene rings is 2. The Morgan fingerprint density at radius 2 is 1.88 bits per heavy atom. The minimum Gasteiger partial charge on any atom is -0.494 e. The van der Waals surface area contributed by atoms with E-state index in [0.29, 0.717) is 23.1 Å². The molecule has 1 amide bonds. The van der Waals surface area contributed by atoms with Gasteiger partial charge in [-0.15, -0.1) is 0 Å². The summed E-state index contributed by atoms with van der Waals surface area (Å²) in [6, 6.07) is 14.7. The van der Waals surface area contributed by atoms with E-state index in [2.05, 4.69) is 30.6 Å². The molecule has 24 heavy (non-hydrogen) atoms. The summed E-state index contributed by atoms with van der Waals surface area (Å²) in [7, 11) is 0. The molecule has 0 radical (unpaired) electrons. The van der Waals surface area contributed by atoms with Crippen LogP contribution in [0, 0.1) is 0 Å². The van der Waals surface area contributed by atoms with Crippen LogP contribution in [0.3, 0.4) is 0 Å². The minimum absolute atomic E-state index is 0.225. The maximum absolute atomic E-state index is 12.3. The average Bonchev–Trinajstić information content (AvgIpc) is 3.05. The Morgan fingerprint density at radius 1 is 1.17 bits per heavy atom. The van der Waals surface area contributed by atoms with Crippen molar-refractivity contribution in [2.24, 2.45) is 0 Å². The van der Waals surface area contributed by atoms with Crippen molar-refractivity contribution in [1.29, 1.82) is 0 Å². The summed E-state index contributed by atoms with van der Waals surface area (Å²) in [5.74, 6) is 1.11. The SMILES string of the molecule is CCOc1ccc(C(=O)Nc2nc(-c3ccc(Br)cc3)ns2)cc1. The second-order valence-electron chi connectivity index (χ2n) is 4.84. The lowest BCUT2D eigenvalue weighted by Gasteiger charge is -2.04. The first-order chi connectivity index (χ1) is 11.7. The zero-order valence-corrected chi connectivity index (χ0v) is 15.2. The molecule has 5 nitrogen and oxygen atoms in total. The molecule has 0 aliphatic carbocycles. The fraction of sp³-hybridized carbons (Fsp3) is 0.118. The first-order valence-corrected chi connectivity index (χ1v) is 8.86. The molecule has 2 aromatic carbocycles. The molecular formula is C17H14BrN3O2S. The van der Waals surface area contributed by atoms with Crippen LogP contribution in [0.15, 0.2) is 53.0 Å². The van der Waals surface area contributed by atoms with E-state index in [-0.39, 0.29) is 5.91 Å². The van der Waals surface area contributed by atoms with Crippen molar-refractivity contribution in [3.8, 4) is 17.1 Å². The van der Waals surface area contributed by atoms with Gasteiger partial charge in [-0.2, -0.15) is 9.36 Å². The monoisotopic (exact) mass is 403 g/mol. The third-order valence-corrected chi connectivity index (χ3v) is 4.34. The van der Waals surface area contributed by atoms with Crippen LogP contribution in [-0.4, -0.2) is 21.9 Å². The Kier molecular flexibility index (Phi) is 5.22. The van der Waals surface area contributed by atoms with Gasteiger partial charge in [0.15, 0.2) is 5.82 Å². The van der Waals surface area contributed by atoms with Gasteiger partial charge in [-0.25, -0.2) is 0 Å². The summed E-state index contributed by atoms with van der Waals surface area (Å²) >= 11 is 4.55. The fourth-order valence-electron chi connectivity index (χ4n) is 2.03. The second-order valence-corrected chi connectivity index (χ2v) is 6.51. The van der Waals surface area contributed by atoms with E-state index < -0.39 is 0 Å². The highest BCUT2D eigenvalue weighted by atomic mass is 79.9. The zero-order chi connectivity index (χ0) is 16.9. The molecule has 7 heteroatoms. The first kappa shape index (κ1) is 16.6. The van der Waals surface area contributed by atoms with E-state index in [4.69, 9.17) is 4.74 Å². The molecule has 0 spiro atoms. The van der Waals surface area contributed by atoms with Crippen molar-refractivity contribution in [2.75, 3.05) is 11.9 Å². The number of amides is 1. The number of nitrogens with one attached hydrogen (secondary N) is 1. The van der Waals surface area contributed by atoms with Crippen molar-refractivity contribution in [1.82, 2.24) is 9.36 Å². The van der Waals surface area contributed by atoms with Crippen LogP contribution in [0.4, 0.5) is 5.13 Å². The van der Waals surface area contributed by atoms with Gasteiger partial charge >= 0.3 is 0 Å². The predicted molar refractivity (Wildman–Crippen MR) is 98.6 cm³/mol. The molecule has 0 saturated heterocycles. The number of carbonyl (C=O) groups excluding carboxylic acids is 1. The van der Waals surface area contributed by atoms with Gasteiger partial charge in [0.25, 0.3) is 5.91 Å². The average molecular weight is 404 g/mol. The molecule has 0 bridgehead atoms. The maximum atomic E-state index is 12.3. The molecular weight excluding hydrogens is 390 g/mol. The molecule has 0 unspecified atom stereocenters. The molecule has 1 heterocycles. The zero-order valence-electron chi connectivity index (χ0n) is 12.8. The van der Waals surface area contributed by atoms with Gasteiger partial charge in [0.05, 0.1) is 6.61 Å². The molecule has 1 N–H and O–H groups in total. The van der Waals surface area contributed by atoms with Crippen LogP contribution in [0.2, 0.25) is 0 Å². The molecule has 3 rings (SSSR count). The highest BCUT2D eigenvalue weighted by Crippen LogP contribution is 2.23. The Balaban J connectivity index is 1.69. The third kappa shape index (κ3) is 3.98. The van der Waals surface area contributed by atoms with E-state index in [1.165, 1.54) is 0 Å². The third-order valence-electron chi connectivity index (χ3n) is 3.18. The number of ether oxygens (including phenoxy) is 1. The normalized spacial score (nSPS) is 10.4. The standard InChI is InChI=1S/C17H14BrN3O2S/c1-2-23-14-9-5-12(6-10-14)16(22)20-17-19-15(21-24-17)11-3-7-13(18)8-4-11/h3-10H,2H2,1H3,(H,19,20,21,22). The molecule has 3 aromatic rings. The molecule has 0 aliphatic rings. The number of nitrogens with zero attached hydrogens (tertiary/aromatic N) is 2. The highest BCUT2D eigenvalue weighted by molar-refractivity contribution is 9.10. The number of hydrogen-bond donors (Lipinski definition) is 1.